The maximum Gasteiger partial charge on any atom is 0.222 e. The molecule has 8 heteroatoms. The van der Waals surface area contributed by atoms with E-state index in [1.54, 1.807) is 12.1 Å². The number of benzene rings is 1. The summed E-state index contributed by atoms with van der Waals surface area (Å²) in [5, 5.41) is 6.41. The van der Waals surface area contributed by atoms with Gasteiger partial charge in [-0.15, -0.1) is 24.0 Å². The molecule has 1 aromatic rings. The van der Waals surface area contributed by atoms with Crippen LogP contribution in [0.4, 0.5) is 4.39 Å². The topological polar surface area (TPSA) is 88.7 Å². The van der Waals surface area contributed by atoms with E-state index in [-0.39, 0.29) is 36.3 Å². The van der Waals surface area contributed by atoms with E-state index in [9.17, 15) is 9.18 Å². The molecular formula is C20H32FIN4O2. The maximum absolute atomic E-state index is 13.0. The highest BCUT2D eigenvalue weighted by atomic mass is 127. The predicted molar refractivity (Wildman–Crippen MR) is 120 cm³/mol. The minimum atomic E-state index is -0.437. The molecule has 1 aliphatic rings. The molecule has 4 N–H and O–H groups in total. The van der Waals surface area contributed by atoms with Crippen molar-refractivity contribution in [2.24, 2.45) is 22.6 Å². The number of rotatable bonds is 12. The lowest BCUT2D eigenvalue weighted by molar-refractivity contribution is -0.121. The van der Waals surface area contributed by atoms with Crippen LogP contribution in [0.15, 0.2) is 29.3 Å². The second-order valence-electron chi connectivity index (χ2n) is 6.95. The molecule has 0 bridgehead atoms. The quantitative estimate of drug-likeness (QED) is 0.176. The average molecular weight is 506 g/mol. The predicted octanol–water partition coefficient (Wildman–Crippen LogP) is 2.46. The van der Waals surface area contributed by atoms with Crippen molar-refractivity contribution in [2.75, 3.05) is 32.8 Å². The lowest BCUT2D eigenvalue weighted by atomic mass is 9.99. The molecule has 1 aliphatic carbocycles. The second kappa shape index (κ2) is 13.7. The van der Waals surface area contributed by atoms with Gasteiger partial charge in [0.2, 0.25) is 5.91 Å². The van der Waals surface area contributed by atoms with Crippen LogP contribution in [0.5, 0.6) is 0 Å². The third-order valence-electron chi connectivity index (χ3n) is 4.42. The number of nitrogens with zero attached hydrogens (tertiary/aromatic N) is 1. The number of carbonyl (C=O) groups excluding carboxylic acids is 1. The lowest BCUT2D eigenvalue weighted by Gasteiger charge is -2.14. The van der Waals surface area contributed by atoms with E-state index >= 15 is 0 Å². The summed E-state index contributed by atoms with van der Waals surface area (Å²) in [6, 6.07) is 6.10. The Morgan fingerprint density at radius 2 is 2.04 bits per heavy atom. The normalized spacial score (nSPS) is 14.9. The first-order chi connectivity index (χ1) is 13.1. The molecule has 28 heavy (non-hydrogen) atoms. The van der Waals surface area contributed by atoms with E-state index in [0.717, 1.165) is 44.2 Å². The average Bonchev–Trinajstić information content (AvgIpc) is 3.47. The molecule has 1 saturated carbocycles. The summed E-state index contributed by atoms with van der Waals surface area (Å²) in [6.45, 7) is 5.34. The van der Waals surface area contributed by atoms with E-state index in [4.69, 9.17) is 10.5 Å². The number of primary amides is 1. The zero-order chi connectivity index (χ0) is 19.5. The molecule has 1 unspecified atom stereocenters. The van der Waals surface area contributed by atoms with Crippen molar-refractivity contribution in [2.45, 2.75) is 32.6 Å². The van der Waals surface area contributed by atoms with Gasteiger partial charge in [-0.1, -0.05) is 12.1 Å². The van der Waals surface area contributed by atoms with E-state index in [0.29, 0.717) is 12.4 Å². The third-order valence-corrected chi connectivity index (χ3v) is 4.42. The van der Waals surface area contributed by atoms with Crippen LogP contribution in [0.3, 0.4) is 0 Å². The highest BCUT2D eigenvalue weighted by Crippen LogP contribution is 2.28. The standard InChI is InChI=1S/C20H31FN4O2.HI/c1-2-23-20(24-10-3-11-27-14-16-4-5-16)25-13-17(19(22)26)12-15-6-8-18(21)9-7-15;/h6-9,16-17H,2-5,10-14H2,1H3,(H2,22,26)(H2,23,24,25);1H. The Labute approximate surface area is 183 Å². The van der Waals surface area contributed by atoms with E-state index in [1.807, 2.05) is 6.92 Å². The molecule has 6 nitrogen and oxygen atoms in total. The molecule has 0 aromatic heterocycles. The molecule has 0 radical (unpaired) electrons. The summed E-state index contributed by atoms with van der Waals surface area (Å²) in [6.07, 6.45) is 3.93. The van der Waals surface area contributed by atoms with Crippen molar-refractivity contribution in [3.63, 3.8) is 0 Å². The smallest absolute Gasteiger partial charge is 0.222 e. The Balaban J connectivity index is 0.00000392. The number of nitrogens with two attached hydrogens (primary N) is 1. The van der Waals surface area contributed by atoms with Gasteiger partial charge < -0.3 is 21.1 Å². The number of aliphatic imine (C=N–C) groups is 1. The van der Waals surface area contributed by atoms with Crippen LogP contribution in [0.1, 0.15) is 31.7 Å². The summed E-state index contributed by atoms with van der Waals surface area (Å²) in [5.41, 5.74) is 6.38. The van der Waals surface area contributed by atoms with Gasteiger partial charge in [-0.2, -0.15) is 0 Å². The van der Waals surface area contributed by atoms with Gasteiger partial charge >= 0.3 is 0 Å². The molecule has 1 atom stereocenters. The van der Waals surface area contributed by atoms with Crippen LogP contribution in [0, 0.1) is 17.7 Å². The summed E-state index contributed by atoms with van der Waals surface area (Å²) in [7, 11) is 0. The van der Waals surface area contributed by atoms with E-state index in [1.165, 1.54) is 25.0 Å². The molecule has 1 amide bonds. The molecule has 1 aromatic carbocycles. The van der Waals surface area contributed by atoms with Crippen molar-refractivity contribution < 1.29 is 13.9 Å². The molecule has 2 rings (SSSR count). The number of guanidine groups is 1. The number of hydrogen-bond donors (Lipinski definition) is 3. The number of amides is 1. The fourth-order valence-corrected chi connectivity index (χ4v) is 2.62. The summed E-state index contributed by atoms with van der Waals surface area (Å²) < 4.78 is 18.6. The van der Waals surface area contributed by atoms with E-state index in [2.05, 4.69) is 15.6 Å². The molecule has 0 spiro atoms. The fourth-order valence-electron chi connectivity index (χ4n) is 2.62. The second-order valence-corrected chi connectivity index (χ2v) is 6.95. The molecule has 0 saturated heterocycles. The number of hydrogen-bond acceptors (Lipinski definition) is 3. The van der Waals surface area contributed by atoms with Gasteiger partial charge in [0.15, 0.2) is 5.96 Å². The van der Waals surface area contributed by atoms with Gasteiger partial charge in [0.1, 0.15) is 5.82 Å². The Bertz CT molecular complexity index is 609. The van der Waals surface area contributed by atoms with Crippen LogP contribution in [0.2, 0.25) is 0 Å². The number of ether oxygens (including phenoxy) is 1. The highest BCUT2D eigenvalue weighted by molar-refractivity contribution is 14.0. The van der Waals surface area contributed by atoms with Crippen molar-refractivity contribution in [1.29, 1.82) is 0 Å². The minimum absolute atomic E-state index is 0. The van der Waals surface area contributed by atoms with Gasteiger partial charge in [-0.05, 0) is 56.2 Å². The van der Waals surface area contributed by atoms with Crippen LogP contribution in [-0.4, -0.2) is 44.7 Å². The summed E-state index contributed by atoms with van der Waals surface area (Å²) in [4.78, 5) is 16.2. The van der Waals surface area contributed by atoms with Gasteiger partial charge in [-0.3, -0.25) is 9.79 Å². The van der Waals surface area contributed by atoms with Crippen LogP contribution >= 0.6 is 24.0 Å². The highest BCUT2D eigenvalue weighted by Gasteiger charge is 2.20. The Morgan fingerprint density at radius 3 is 2.64 bits per heavy atom. The minimum Gasteiger partial charge on any atom is -0.381 e. The van der Waals surface area contributed by atoms with Gasteiger partial charge in [0, 0.05) is 26.3 Å². The molecule has 0 aliphatic heterocycles. The Hall–Kier alpha value is -1.42. The Morgan fingerprint density at radius 1 is 1.32 bits per heavy atom. The van der Waals surface area contributed by atoms with Crippen LogP contribution < -0.4 is 16.4 Å². The largest absolute Gasteiger partial charge is 0.381 e. The number of nitrogens with one attached hydrogen (secondary N) is 2. The van der Waals surface area contributed by atoms with Crippen molar-refractivity contribution in [3.8, 4) is 0 Å². The monoisotopic (exact) mass is 506 g/mol. The van der Waals surface area contributed by atoms with Crippen LogP contribution in [-0.2, 0) is 16.0 Å². The molecular weight excluding hydrogens is 474 g/mol. The van der Waals surface area contributed by atoms with Crippen LogP contribution in [0.25, 0.3) is 0 Å². The summed E-state index contributed by atoms with van der Waals surface area (Å²) in [5.74, 6) is 0.293. The Kier molecular flexibility index (Phi) is 12.1. The van der Waals surface area contributed by atoms with Gasteiger partial charge in [0.25, 0.3) is 0 Å². The van der Waals surface area contributed by atoms with Gasteiger partial charge in [-0.25, -0.2) is 4.39 Å². The fraction of sp³-hybridized carbons (Fsp3) is 0.600. The zero-order valence-corrected chi connectivity index (χ0v) is 18.8. The summed E-state index contributed by atoms with van der Waals surface area (Å²) >= 11 is 0. The lowest BCUT2D eigenvalue weighted by Crippen LogP contribution is -2.39. The number of halogens is 2. The maximum atomic E-state index is 13.0. The van der Waals surface area contributed by atoms with Crippen molar-refractivity contribution in [3.05, 3.63) is 35.6 Å². The molecule has 158 valence electrons. The first kappa shape index (κ1) is 24.6. The molecule has 0 heterocycles. The van der Waals surface area contributed by atoms with Crippen molar-refractivity contribution in [1.82, 2.24) is 10.6 Å². The van der Waals surface area contributed by atoms with Crippen molar-refractivity contribution >= 4 is 35.8 Å². The zero-order valence-electron chi connectivity index (χ0n) is 16.5. The SMILES string of the molecule is CCNC(=NCC(Cc1ccc(F)cc1)C(N)=O)NCCCOCC1CC1.I. The third kappa shape index (κ3) is 10.2. The van der Waals surface area contributed by atoms with E-state index < -0.39 is 11.8 Å². The first-order valence-corrected chi connectivity index (χ1v) is 9.72. The first-order valence-electron chi connectivity index (χ1n) is 9.72. The molecule has 1 fully saturated rings. The number of carbonyl (C=O) groups is 1. The van der Waals surface area contributed by atoms with Gasteiger partial charge in [0.05, 0.1) is 12.5 Å².